The lowest BCUT2D eigenvalue weighted by Gasteiger charge is -1.97. The van der Waals surface area contributed by atoms with E-state index in [1.807, 2.05) is 12.1 Å². The van der Waals surface area contributed by atoms with Crippen LogP contribution in [0.5, 0.6) is 0 Å². The molecule has 0 radical (unpaired) electrons. The van der Waals surface area contributed by atoms with Crippen LogP contribution in [0.3, 0.4) is 0 Å². The van der Waals surface area contributed by atoms with Crippen molar-refractivity contribution in [3.8, 4) is 10.8 Å². The summed E-state index contributed by atoms with van der Waals surface area (Å²) in [4.78, 5) is 5.28. The smallest absolute Gasteiger partial charge is 0.268 e. The molecule has 0 amide bonds. The van der Waals surface area contributed by atoms with Crippen molar-refractivity contribution < 1.29 is 9.26 Å². The normalized spacial score (nSPS) is 20.4. The van der Waals surface area contributed by atoms with Crippen LogP contribution in [0.4, 0.5) is 0 Å². The Balaban J connectivity index is 1.87. The maximum atomic E-state index is 5.85. The maximum absolute atomic E-state index is 5.85. The maximum Gasteiger partial charge on any atom is 0.268 e. The molecule has 1 fully saturated rings. The van der Waals surface area contributed by atoms with Crippen LogP contribution in [0.2, 0.25) is 4.34 Å². The number of halogens is 1. The zero-order valence-corrected chi connectivity index (χ0v) is 9.92. The van der Waals surface area contributed by atoms with E-state index in [1.54, 1.807) is 0 Å². The molecule has 3 rings (SSSR count). The Morgan fingerprint density at radius 2 is 2.38 bits per heavy atom. The number of ether oxygens (including phenoxy) is 1. The second kappa shape index (κ2) is 4.16. The van der Waals surface area contributed by atoms with Crippen molar-refractivity contribution in [2.75, 3.05) is 13.2 Å². The summed E-state index contributed by atoms with van der Waals surface area (Å²) in [6, 6.07) is 3.71. The van der Waals surface area contributed by atoms with E-state index >= 15 is 0 Å². The van der Waals surface area contributed by atoms with E-state index in [1.165, 1.54) is 11.3 Å². The lowest BCUT2D eigenvalue weighted by Crippen LogP contribution is -1.99. The molecule has 1 aliphatic rings. The van der Waals surface area contributed by atoms with Gasteiger partial charge in [0.05, 0.1) is 15.8 Å². The van der Waals surface area contributed by atoms with Gasteiger partial charge in [0.1, 0.15) is 0 Å². The predicted octanol–water partition coefficient (Wildman–Crippen LogP) is 2.96. The van der Waals surface area contributed by atoms with Gasteiger partial charge in [-0.15, -0.1) is 11.3 Å². The fourth-order valence-corrected chi connectivity index (χ4v) is 2.63. The fourth-order valence-electron chi connectivity index (χ4n) is 1.67. The highest BCUT2D eigenvalue weighted by Crippen LogP contribution is 2.31. The molecule has 4 nitrogen and oxygen atoms in total. The van der Waals surface area contributed by atoms with E-state index in [0.717, 1.165) is 28.1 Å². The molecule has 0 unspecified atom stereocenters. The molecule has 84 valence electrons. The zero-order chi connectivity index (χ0) is 11.0. The second-order valence-electron chi connectivity index (χ2n) is 3.62. The fraction of sp³-hybridized carbons (Fsp3) is 0.400. The van der Waals surface area contributed by atoms with Crippen molar-refractivity contribution in [2.45, 2.75) is 12.3 Å². The second-order valence-corrected chi connectivity index (χ2v) is 5.34. The van der Waals surface area contributed by atoms with Crippen LogP contribution in [0.15, 0.2) is 16.7 Å². The van der Waals surface area contributed by atoms with E-state index in [9.17, 15) is 0 Å². The molecular formula is C10H9ClN2O2S. The average Bonchev–Trinajstić information content (AvgIpc) is 2.97. The molecular weight excluding hydrogens is 248 g/mol. The van der Waals surface area contributed by atoms with Crippen LogP contribution in [0.1, 0.15) is 18.2 Å². The summed E-state index contributed by atoms with van der Waals surface area (Å²) in [7, 11) is 0. The van der Waals surface area contributed by atoms with E-state index in [0.29, 0.717) is 12.5 Å². The Morgan fingerprint density at radius 3 is 3.06 bits per heavy atom. The minimum atomic E-state index is 0.271. The van der Waals surface area contributed by atoms with Crippen LogP contribution in [-0.4, -0.2) is 23.4 Å². The molecule has 1 atom stereocenters. The molecule has 1 aliphatic heterocycles. The van der Waals surface area contributed by atoms with Crippen LogP contribution in [0, 0.1) is 0 Å². The molecule has 2 aromatic rings. The number of aromatic nitrogens is 2. The number of thiophene rings is 1. The van der Waals surface area contributed by atoms with Gasteiger partial charge in [0.25, 0.3) is 5.89 Å². The van der Waals surface area contributed by atoms with Crippen molar-refractivity contribution >= 4 is 22.9 Å². The molecule has 0 saturated carbocycles. The molecule has 0 spiro atoms. The topological polar surface area (TPSA) is 48.2 Å². The highest BCUT2D eigenvalue weighted by atomic mass is 35.5. The van der Waals surface area contributed by atoms with Gasteiger partial charge in [-0.1, -0.05) is 16.8 Å². The van der Waals surface area contributed by atoms with Gasteiger partial charge >= 0.3 is 0 Å². The van der Waals surface area contributed by atoms with E-state index in [2.05, 4.69) is 10.1 Å². The summed E-state index contributed by atoms with van der Waals surface area (Å²) in [5, 5.41) is 3.98. The minimum absolute atomic E-state index is 0.271. The lowest BCUT2D eigenvalue weighted by atomic mass is 10.1. The molecule has 6 heteroatoms. The first-order valence-corrected chi connectivity index (χ1v) is 6.19. The van der Waals surface area contributed by atoms with Gasteiger partial charge in [-0.25, -0.2) is 0 Å². The molecule has 1 saturated heterocycles. The van der Waals surface area contributed by atoms with Crippen molar-refractivity contribution in [3.63, 3.8) is 0 Å². The van der Waals surface area contributed by atoms with Gasteiger partial charge < -0.3 is 9.26 Å². The standard InChI is InChI=1S/C10H9ClN2O2S/c11-8-2-1-7(16-8)10-12-9(13-15-10)6-3-4-14-5-6/h1-2,6H,3-5H2/t6-/m0/s1. The Labute approximate surface area is 101 Å². The highest BCUT2D eigenvalue weighted by Gasteiger charge is 2.23. The Kier molecular flexibility index (Phi) is 2.67. The van der Waals surface area contributed by atoms with Crippen molar-refractivity contribution in [1.29, 1.82) is 0 Å². The quantitative estimate of drug-likeness (QED) is 0.829. The van der Waals surface area contributed by atoms with Crippen LogP contribution in [-0.2, 0) is 4.74 Å². The van der Waals surface area contributed by atoms with Crippen LogP contribution < -0.4 is 0 Å². The molecule has 2 aromatic heterocycles. The molecule has 0 aliphatic carbocycles. The van der Waals surface area contributed by atoms with E-state index < -0.39 is 0 Å². The molecule has 16 heavy (non-hydrogen) atoms. The zero-order valence-electron chi connectivity index (χ0n) is 8.35. The summed E-state index contributed by atoms with van der Waals surface area (Å²) in [6.45, 7) is 1.46. The number of rotatable bonds is 2. The van der Waals surface area contributed by atoms with Gasteiger partial charge in [0.15, 0.2) is 5.82 Å². The Hall–Kier alpha value is -0.910. The first kappa shape index (κ1) is 10.3. The van der Waals surface area contributed by atoms with Crippen molar-refractivity contribution in [1.82, 2.24) is 10.1 Å². The first-order chi connectivity index (χ1) is 7.83. The molecule has 0 aromatic carbocycles. The van der Waals surface area contributed by atoms with Crippen LogP contribution in [0.25, 0.3) is 10.8 Å². The summed E-state index contributed by atoms with van der Waals surface area (Å²) in [6.07, 6.45) is 0.962. The SMILES string of the molecule is Clc1ccc(-c2nc([C@H]3CCOC3)no2)s1. The molecule has 0 N–H and O–H groups in total. The van der Waals surface area contributed by atoms with E-state index in [-0.39, 0.29) is 5.92 Å². The number of nitrogens with zero attached hydrogens (tertiary/aromatic N) is 2. The molecule has 0 bridgehead atoms. The van der Waals surface area contributed by atoms with Gasteiger partial charge in [0.2, 0.25) is 0 Å². The molecule has 3 heterocycles. The minimum Gasteiger partial charge on any atom is -0.381 e. The highest BCUT2D eigenvalue weighted by molar-refractivity contribution is 7.19. The summed E-state index contributed by atoms with van der Waals surface area (Å²) < 4.78 is 11.2. The monoisotopic (exact) mass is 256 g/mol. The largest absolute Gasteiger partial charge is 0.381 e. The van der Waals surface area contributed by atoms with Crippen molar-refractivity contribution in [3.05, 3.63) is 22.3 Å². The van der Waals surface area contributed by atoms with Gasteiger partial charge in [-0.05, 0) is 18.6 Å². The average molecular weight is 257 g/mol. The number of hydrogen-bond acceptors (Lipinski definition) is 5. The van der Waals surface area contributed by atoms with Gasteiger partial charge in [-0.2, -0.15) is 4.98 Å². The lowest BCUT2D eigenvalue weighted by molar-refractivity contribution is 0.192. The Morgan fingerprint density at radius 1 is 1.44 bits per heavy atom. The third-order valence-corrected chi connectivity index (χ3v) is 3.74. The third kappa shape index (κ3) is 1.86. The predicted molar refractivity (Wildman–Crippen MR) is 60.8 cm³/mol. The Bertz CT molecular complexity index is 490. The first-order valence-electron chi connectivity index (χ1n) is 5.00. The van der Waals surface area contributed by atoms with Crippen LogP contribution >= 0.6 is 22.9 Å². The van der Waals surface area contributed by atoms with E-state index in [4.69, 9.17) is 20.9 Å². The van der Waals surface area contributed by atoms with Crippen molar-refractivity contribution in [2.24, 2.45) is 0 Å². The van der Waals surface area contributed by atoms with Gasteiger partial charge in [0, 0.05) is 12.5 Å². The summed E-state index contributed by atoms with van der Waals surface area (Å²) in [5.74, 6) is 1.55. The number of hydrogen-bond donors (Lipinski definition) is 0. The third-order valence-electron chi connectivity index (χ3n) is 2.52. The van der Waals surface area contributed by atoms with Gasteiger partial charge in [-0.3, -0.25) is 0 Å². The summed E-state index contributed by atoms with van der Waals surface area (Å²) in [5.41, 5.74) is 0. The summed E-state index contributed by atoms with van der Waals surface area (Å²) >= 11 is 7.29.